The Morgan fingerprint density at radius 2 is 2.25 bits per heavy atom. The number of nitrogens with zero attached hydrogens (tertiary/aromatic N) is 3. The normalized spacial score (nSPS) is 29.4. The second kappa shape index (κ2) is 3.58. The van der Waals surface area contributed by atoms with Crippen LogP contribution >= 0.6 is 0 Å². The number of amides is 2. The second-order valence-corrected chi connectivity index (χ2v) is 4.63. The zero-order valence-electron chi connectivity index (χ0n) is 8.11. The largest absolute Gasteiger partial charge is 0.418 e. The van der Waals surface area contributed by atoms with Crippen molar-refractivity contribution in [2.45, 2.75) is 24.9 Å². The number of piperidine rings is 1. The molecule has 3 saturated heterocycles. The lowest BCUT2D eigenvalue weighted by molar-refractivity contribution is -0.113. The van der Waals surface area contributed by atoms with Gasteiger partial charge < -0.3 is 4.90 Å². The van der Waals surface area contributed by atoms with Crippen molar-refractivity contribution >= 4 is 16.4 Å². The van der Waals surface area contributed by atoms with E-state index in [1.54, 1.807) is 0 Å². The molecule has 3 aliphatic rings. The van der Waals surface area contributed by atoms with Crippen LogP contribution in [0.4, 0.5) is 4.79 Å². The lowest BCUT2D eigenvalue weighted by Gasteiger charge is -2.46. The van der Waals surface area contributed by atoms with E-state index in [0.29, 0.717) is 24.4 Å². The fourth-order valence-corrected chi connectivity index (χ4v) is 2.38. The summed E-state index contributed by atoms with van der Waals surface area (Å²) < 4.78 is 33.7. The van der Waals surface area contributed by atoms with Crippen LogP contribution in [0.3, 0.4) is 0 Å². The molecule has 0 radical (unpaired) electrons. The van der Waals surface area contributed by atoms with Gasteiger partial charge >= 0.3 is 16.4 Å². The maximum atomic E-state index is 11.6. The minimum atomic E-state index is -4.71. The molecule has 0 aromatic rings. The molecular formula is C7H9N3O5S. The number of nitriles is 1. The Kier molecular flexibility index (Phi) is 2.49. The topological polar surface area (TPSA) is 111 Å². The van der Waals surface area contributed by atoms with Gasteiger partial charge in [-0.1, -0.05) is 0 Å². The summed E-state index contributed by atoms with van der Waals surface area (Å²) in [5.74, 6) is 0. The van der Waals surface area contributed by atoms with Crippen LogP contribution in [0.5, 0.6) is 0 Å². The highest BCUT2D eigenvalue weighted by Gasteiger charge is 2.46. The van der Waals surface area contributed by atoms with Crippen LogP contribution in [-0.2, 0) is 14.7 Å². The fourth-order valence-electron chi connectivity index (χ4n) is 1.99. The lowest BCUT2D eigenvalue weighted by Crippen LogP contribution is -2.63. The Hall–Kier alpha value is -1.37. The van der Waals surface area contributed by atoms with Gasteiger partial charge in [0.1, 0.15) is 6.04 Å². The van der Waals surface area contributed by atoms with E-state index >= 15 is 0 Å². The first kappa shape index (κ1) is 11.1. The van der Waals surface area contributed by atoms with E-state index in [2.05, 4.69) is 4.28 Å². The molecule has 3 rings (SSSR count). The van der Waals surface area contributed by atoms with Gasteiger partial charge in [0.05, 0.1) is 12.1 Å². The second-order valence-electron chi connectivity index (χ2n) is 3.63. The van der Waals surface area contributed by atoms with Crippen molar-refractivity contribution in [2.24, 2.45) is 0 Å². The summed E-state index contributed by atoms with van der Waals surface area (Å²) in [5, 5.41) is 9.40. The molecule has 88 valence electrons. The average molecular weight is 247 g/mol. The van der Waals surface area contributed by atoms with Crippen molar-refractivity contribution in [3.8, 4) is 6.07 Å². The number of carbonyl (C=O) groups excluding carboxylic acids is 1. The van der Waals surface area contributed by atoms with Crippen LogP contribution in [0, 0.1) is 11.3 Å². The summed E-state index contributed by atoms with van der Waals surface area (Å²) in [6.45, 7) is 0.396. The molecule has 9 heteroatoms. The summed E-state index contributed by atoms with van der Waals surface area (Å²) in [4.78, 5) is 12.9. The predicted octanol–water partition coefficient (Wildman–Crippen LogP) is -0.487. The van der Waals surface area contributed by atoms with Gasteiger partial charge in [-0.25, -0.2) is 4.79 Å². The molecule has 2 atom stereocenters. The van der Waals surface area contributed by atoms with E-state index in [1.807, 2.05) is 6.07 Å². The van der Waals surface area contributed by atoms with Crippen LogP contribution in [0.15, 0.2) is 0 Å². The number of hydroxylamine groups is 2. The van der Waals surface area contributed by atoms with Gasteiger partial charge in [0.2, 0.25) is 0 Å². The standard InChI is InChI=1S/C7H9N3O5S/c8-4-6-3-5-1-2-9(6)7(11)10(5)15-16(12,13)14/h5-6H,1-3H2,(H,12,13,14)/t5?,6-/m0/s1. The Morgan fingerprint density at radius 3 is 2.75 bits per heavy atom. The lowest BCUT2D eigenvalue weighted by atomic mass is 9.95. The van der Waals surface area contributed by atoms with E-state index < -0.39 is 28.5 Å². The minimum absolute atomic E-state index is 0.317. The fraction of sp³-hybridized carbons (Fsp3) is 0.714. The highest BCUT2D eigenvalue weighted by molar-refractivity contribution is 7.80. The summed E-state index contributed by atoms with van der Waals surface area (Å²) >= 11 is 0. The highest BCUT2D eigenvalue weighted by Crippen LogP contribution is 2.30. The van der Waals surface area contributed by atoms with Crippen molar-refractivity contribution in [3.05, 3.63) is 0 Å². The molecule has 3 fully saturated rings. The molecular weight excluding hydrogens is 238 g/mol. The van der Waals surface area contributed by atoms with Gasteiger partial charge in [0, 0.05) is 13.0 Å². The molecule has 0 saturated carbocycles. The Bertz CT molecular complexity index is 455. The first-order chi connectivity index (χ1) is 7.42. The molecule has 0 aliphatic carbocycles. The van der Waals surface area contributed by atoms with E-state index in [9.17, 15) is 13.2 Å². The van der Waals surface area contributed by atoms with Gasteiger partial charge in [-0.15, -0.1) is 4.28 Å². The van der Waals surface area contributed by atoms with E-state index in [-0.39, 0.29) is 0 Å². The Labute approximate surface area is 91.9 Å². The van der Waals surface area contributed by atoms with Crippen LogP contribution in [0.2, 0.25) is 0 Å². The van der Waals surface area contributed by atoms with Crippen molar-refractivity contribution in [2.75, 3.05) is 6.54 Å². The van der Waals surface area contributed by atoms with Gasteiger partial charge in [0.25, 0.3) is 0 Å². The Balaban J connectivity index is 2.20. The molecule has 3 heterocycles. The van der Waals surface area contributed by atoms with Crippen LogP contribution in [0.1, 0.15) is 12.8 Å². The molecule has 16 heavy (non-hydrogen) atoms. The molecule has 3 aliphatic heterocycles. The van der Waals surface area contributed by atoms with Crippen LogP contribution in [0.25, 0.3) is 0 Å². The molecule has 1 N–H and O–H groups in total. The minimum Gasteiger partial charge on any atom is -0.307 e. The van der Waals surface area contributed by atoms with Gasteiger partial charge in [-0.3, -0.25) is 4.55 Å². The van der Waals surface area contributed by atoms with Crippen molar-refractivity contribution in [1.82, 2.24) is 9.96 Å². The quantitative estimate of drug-likeness (QED) is 0.659. The van der Waals surface area contributed by atoms with E-state index in [1.165, 1.54) is 4.90 Å². The maximum absolute atomic E-state index is 11.6. The smallest absolute Gasteiger partial charge is 0.307 e. The van der Waals surface area contributed by atoms with Crippen molar-refractivity contribution in [1.29, 1.82) is 5.26 Å². The number of hydrogen-bond acceptors (Lipinski definition) is 5. The highest BCUT2D eigenvalue weighted by atomic mass is 32.3. The van der Waals surface area contributed by atoms with Crippen LogP contribution < -0.4 is 0 Å². The third kappa shape index (κ3) is 1.82. The van der Waals surface area contributed by atoms with Crippen molar-refractivity contribution in [3.63, 3.8) is 0 Å². The first-order valence-corrected chi connectivity index (χ1v) is 5.95. The summed E-state index contributed by atoms with van der Waals surface area (Å²) in [5.41, 5.74) is 0. The number of fused-ring (bicyclic) bond motifs is 3. The molecule has 8 nitrogen and oxygen atoms in total. The summed E-state index contributed by atoms with van der Waals surface area (Å²) in [7, 11) is -4.71. The van der Waals surface area contributed by atoms with E-state index in [4.69, 9.17) is 9.81 Å². The zero-order chi connectivity index (χ0) is 11.9. The third-order valence-corrected chi connectivity index (χ3v) is 3.01. The molecule has 0 aromatic carbocycles. The number of carbonyl (C=O) groups is 1. The maximum Gasteiger partial charge on any atom is 0.418 e. The SMILES string of the molecule is N#C[C@@H]1CC2CCN1C(=O)N2OS(=O)(=O)O. The first-order valence-electron chi connectivity index (χ1n) is 4.59. The van der Waals surface area contributed by atoms with Crippen LogP contribution in [-0.4, -0.2) is 47.6 Å². The van der Waals surface area contributed by atoms with Gasteiger partial charge in [0.15, 0.2) is 0 Å². The molecule has 2 amide bonds. The van der Waals surface area contributed by atoms with Gasteiger partial charge in [-0.2, -0.15) is 18.7 Å². The predicted molar refractivity (Wildman–Crippen MR) is 49.0 cm³/mol. The summed E-state index contributed by atoms with van der Waals surface area (Å²) in [6, 6.07) is 0.227. The average Bonchev–Trinajstić information content (AvgIpc) is 2.21. The number of rotatable bonds is 2. The zero-order valence-corrected chi connectivity index (χ0v) is 8.92. The third-order valence-electron chi connectivity index (χ3n) is 2.66. The van der Waals surface area contributed by atoms with Crippen molar-refractivity contribution < 1.29 is 22.0 Å². The molecule has 2 bridgehead atoms. The molecule has 1 unspecified atom stereocenters. The Morgan fingerprint density at radius 1 is 1.56 bits per heavy atom. The van der Waals surface area contributed by atoms with E-state index in [0.717, 1.165) is 0 Å². The summed E-state index contributed by atoms with van der Waals surface area (Å²) in [6.07, 6.45) is 0.831. The van der Waals surface area contributed by atoms with Gasteiger partial charge in [-0.05, 0) is 6.42 Å². The molecule has 0 aromatic heterocycles. The molecule has 0 spiro atoms. The number of hydrogen-bond donors (Lipinski definition) is 1. The monoisotopic (exact) mass is 247 g/mol. The number of urea groups is 1.